The number of carbonyl (C=O) groups excluding carboxylic acids is 3. The van der Waals surface area contributed by atoms with Gasteiger partial charge in [0.05, 0.1) is 24.5 Å². The predicted octanol–water partition coefficient (Wildman–Crippen LogP) is 1.95. The number of morpholine rings is 1. The SMILES string of the molecule is COC[C@H](C)Nc1cc(NC(=O)N2CCCc3cc(CN4CCOCC4=O)c(C=O)nc32)ncc1C#N. The molecule has 2 aromatic rings. The minimum Gasteiger partial charge on any atom is -0.383 e. The Morgan fingerprint density at radius 2 is 2.22 bits per heavy atom. The summed E-state index contributed by atoms with van der Waals surface area (Å²) in [5, 5.41) is 15.4. The van der Waals surface area contributed by atoms with Gasteiger partial charge in [-0.3, -0.25) is 19.8 Å². The Kier molecular flexibility index (Phi) is 8.27. The van der Waals surface area contributed by atoms with Gasteiger partial charge >= 0.3 is 6.03 Å². The van der Waals surface area contributed by atoms with Crippen molar-refractivity contribution >= 4 is 35.5 Å². The van der Waals surface area contributed by atoms with Crippen LogP contribution in [0.25, 0.3) is 0 Å². The number of urea groups is 1. The second-order valence-corrected chi connectivity index (χ2v) is 8.91. The van der Waals surface area contributed by atoms with Crippen LogP contribution in [0.1, 0.15) is 40.5 Å². The molecule has 12 heteroatoms. The van der Waals surface area contributed by atoms with Gasteiger partial charge in [-0.25, -0.2) is 14.8 Å². The molecule has 12 nitrogen and oxygen atoms in total. The number of hydrogen-bond donors (Lipinski definition) is 2. The van der Waals surface area contributed by atoms with E-state index in [1.807, 2.05) is 13.0 Å². The number of ether oxygens (including phenoxy) is 2. The zero-order chi connectivity index (χ0) is 26.4. The van der Waals surface area contributed by atoms with Gasteiger partial charge in [-0.2, -0.15) is 5.26 Å². The first-order valence-electron chi connectivity index (χ1n) is 12.0. The number of nitrogens with one attached hydrogen (secondary N) is 2. The minimum absolute atomic E-state index is 0.0225. The van der Waals surface area contributed by atoms with E-state index in [4.69, 9.17) is 9.47 Å². The number of fused-ring (bicyclic) bond motifs is 1. The molecule has 0 spiro atoms. The fraction of sp³-hybridized carbons (Fsp3) is 0.440. The van der Waals surface area contributed by atoms with Gasteiger partial charge < -0.3 is 19.7 Å². The largest absolute Gasteiger partial charge is 0.383 e. The van der Waals surface area contributed by atoms with Crippen molar-refractivity contribution in [3.63, 3.8) is 0 Å². The lowest BCUT2D eigenvalue weighted by Gasteiger charge is -2.30. The first-order valence-corrected chi connectivity index (χ1v) is 12.0. The maximum absolute atomic E-state index is 13.2. The number of carbonyl (C=O) groups is 3. The Bertz CT molecular complexity index is 1230. The molecule has 0 unspecified atom stereocenters. The summed E-state index contributed by atoms with van der Waals surface area (Å²) in [6.45, 7) is 3.93. The van der Waals surface area contributed by atoms with Gasteiger partial charge in [-0.15, -0.1) is 0 Å². The monoisotopic (exact) mass is 507 g/mol. The number of amides is 3. The lowest BCUT2D eigenvalue weighted by molar-refractivity contribution is -0.143. The zero-order valence-corrected chi connectivity index (χ0v) is 20.8. The van der Waals surface area contributed by atoms with Crippen molar-refractivity contribution in [1.82, 2.24) is 14.9 Å². The molecule has 2 N–H and O–H groups in total. The van der Waals surface area contributed by atoms with Crippen LogP contribution in [0.15, 0.2) is 18.3 Å². The number of aryl methyl sites for hydroxylation is 1. The molecule has 0 aliphatic carbocycles. The highest BCUT2D eigenvalue weighted by Crippen LogP contribution is 2.29. The van der Waals surface area contributed by atoms with E-state index in [-0.39, 0.29) is 36.6 Å². The number of methoxy groups -OCH3 is 1. The number of nitrogens with zero attached hydrogens (tertiary/aromatic N) is 5. The Balaban J connectivity index is 1.55. The number of nitriles is 1. The molecular weight excluding hydrogens is 478 g/mol. The highest BCUT2D eigenvalue weighted by atomic mass is 16.5. The fourth-order valence-electron chi connectivity index (χ4n) is 4.37. The first kappa shape index (κ1) is 26.0. The van der Waals surface area contributed by atoms with E-state index >= 15 is 0 Å². The summed E-state index contributed by atoms with van der Waals surface area (Å²) in [6, 6.07) is 5.02. The molecule has 2 aromatic heterocycles. The molecular formula is C25H29N7O5. The standard InChI is InChI=1S/C25H29N7O5/c1-16(14-36-2)28-20-9-22(27-11-19(20)10-26)30-25(35)32-5-3-4-17-8-18(21(13-33)29-24(17)32)12-31-6-7-37-15-23(31)34/h8-9,11,13,16H,3-7,12,14-15H2,1-2H3,(H2,27,28,30,35)/t16-/m0/s1. The molecule has 4 rings (SSSR count). The summed E-state index contributed by atoms with van der Waals surface area (Å²) >= 11 is 0. The van der Waals surface area contributed by atoms with Crippen LogP contribution in [-0.2, 0) is 27.2 Å². The molecule has 4 heterocycles. The van der Waals surface area contributed by atoms with Crippen LogP contribution in [0.2, 0.25) is 0 Å². The van der Waals surface area contributed by atoms with Crippen LogP contribution < -0.4 is 15.5 Å². The van der Waals surface area contributed by atoms with Crippen molar-refractivity contribution in [3.05, 3.63) is 40.7 Å². The number of aromatic nitrogens is 2. The quantitative estimate of drug-likeness (QED) is 0.511. The topological polar surface area (TPSA) is 150 Å². The van der Waals surface area contributed by atoms with E-state index in [1.54, 1.807) is 18.1 Å². The Morgan fingerprint density at radius 3 is 2.95 bits per heavy atom. The summed E-state index contributed by atoms with van der Waals surface area (Å²) in [5.41, 5.74) is 2.52. The molecule has 0 saturated carbocycles. The third-order valence-corrected chi connectivity index (χ3v) is 6.15. The fourth-order valence-corrected chi connectivity index (χ4v) is 4.37. The summed E-state index contributed by atoms with van der Waals surface area (Å²) in [6.07, 6.45) is 3.44. The average Bonchev–Trinajstić information content (AvgIpc) is 2.89. The molecule has 1 saturated heterocycles. The molecule has 0 radical (unpaired) electrons. The number of hydrogen-bond acceptors (Lipinski definition) is 9. The molecule has 1 fully saturated rings. The Morgan fingerprint density at radius 1 is 1.38 bits per heavy atom. The van der Waals surface area contributed by atoms with Gasteiger partial charge in [0, 0.05) is 50.6 Å². The second kappa shape index (κ2) is 11.8. The van der Waals surface area contributed by atoms with E-state index in [0.717, 1.165) is 5.56 Å². The van der Waals surface area contributed by atoms with E-state index in [9.17, 15) is 19.6 Å². The van der Waals surface area contributed by atoms with Gasteiger partial charge in [0.2, 0.25) is 5.91 Å². The third kappa shape index (κ3) is 6.02. The van der Waals surface area contributed by atoms with Crippen LogP contribution in [0, 0.1) is 11.3 Å². The molecule has 2 aliphatic heterocycles. The smallest absolute Gasteiger partial charge is 0.328 e. The van der Waals surface area contributed by atoms with E-state index < -0.39 is 6.03 Å². The normalized spacial score (nSPS) is 16.0. The highest BCUT2D eigenvalue weighted by Gasteiger charge is 2.28. The van der Waals surface area contributed by atoms with Crippen molar-refractivity contribution in [1.29, 1.82) is 5.26 Å². The predicted molar refractivity (Wildman–Crippen MR) is 134 cm³/mol. The van der Waals surface area contributed by atoms with Gasteiger partial charge in [-0.05, 0) is 31.4 Å². The average molecular weight is 508 g/mol. The van der Waals surface area contributed by atoms with Gasteiger partial charge in [-0.1, -0.05) is 0 Å². The molecule has 0 bridgehead atoms. The van der Waals surface area contributed by atoms with Gasteiger partial charge in [0.15, 0.2) is 6.29 Å². The van der Waals surface area contributed by atoms with Crippen molar-refractivity contribution in [2.75, 3.05) is 55.6 Å². The zero-order valence-electron chi connectivity index (χ0n) is 20.8. The number of anilines is 3. The van der Waals surface area contributed by atoms with Crippen LogP contribution in [0.3, 0.4) is 0 Å². The van der Waals surface area contributed by atoms with Crippen molar-refractivity contribution in [2.45, 2.75) is 32.4 Å². The van der Waals surface area contributed by atoms with E-state index in [1.165, 1.54) is 11.1 Å². The molecule has 37 heavy (non-hydrogen) atoms. The lowest BCUT2D eigenvalue weighted by Crippen LogP contribution is -2.42. The van der Waals surface area contributed by atoms with Crippen LogP contribution in [-0.4, -0.2) is 79.2 Å². The molecule has 1 atom stereocenters. The molecule has 2 aliphatic rings. The van der Waals surface area contributed by atoms with Gasteiger partial charge in [0.25, 0.3) is 0 Å². The van der Waals surface area contributed by atoms with Crippen molar-refractivity contribution < 1.29 is 23.9 Å². The van der Waals surface area contributed by atoms with Crippen molar-refractivity contribution in [2.24, 2.45) is 0 Å². The van der Waals surface area contributed by atoms with E-state index in [0.29, 0.717) is 68.1 Å². The Hall–Kier alpha value is -4.08. The van der Waals surface area contributed by atoms with Crippen LogP contribution in [0.5, 0.6) is 0 Å². The minimum atomic E-state index is -0.450. The van der Waals surface area contributed by atoms with Crippen LogP contribution in [0.4, 0.5) is 22.1 Å². The first-order chi connectivity index (χ1) is 17.9. The molecule has 3 amide bonds. The summed E-state index contributed by atoms with van der Waals surface area (Å²) in [4.78, 5) is 49.1. The second-order valence-electron chi connectivity index (χ2n) is 8.91. The summed E-state index contributed by atoms with van der Waals surface area (Å²) in [7, 11) is 1.59. The number of aldehydes is 1. The van der Waals surface area contributed by atoms with Crippen molar-refractivity contribution in [3.8, 4) is 6.07 Å². The van der Waals surface area contributed by atoms with Crippen LogP contribution >= 0.6 is 0 Å². The highest BCUT2D eigenvalue weighted by molar-refractivity contribution is 6.02. The number of pyridine rings is 2. The summed E-state index contributed by atoms with van der Waals surface area (Å²) in [5.74, 6) is 0.534. The molecule has 0 aromatic carbocycles. The summed E-state index contributed by atoms with van der Waals surface area (Å²) < 4.78 is 10.3. The maximum atomic E-state index is 13.2. The lowest BCUT2D eigenvalue weighted by atomic mass is 10.0. The third-order valence-electron chi connectivity index (χ3n) is 6.15. The van der Waals surface area contributed by atoms with E-state index in [2.05, 4.69) is 26.7 Å². The number of rotatable bonds is 8. The molecule has 194 valence electrons. The van der Waals surface area contributed by atoms with Gasteiger partial charge in [0.1, 0.15) is 30.0 Å². The Labute approximate surface area is 214 Å². The maximum Gasteiger partial charge on any atom is 0.328 e.